The van der Waals surface area contributed by atoms with E-state index in [1.807, 2.05) is 0 Å². The number of anilines is 1. The van der Waals surface area contributed by atoms with Crippen molar-refractivity contribution in [3.05, 3.63) is 23.6 Å². The smallest absolute Gasteiger partial charge is 0.141 e. The normalized spacial score (nSPS) is 19.6. The molecule has 0 saturated carbocycles. The van der Waals surface area contributed by atoms with Crippen LogP contribution in [0.1, 0.15) is 46.6 Å². The minimum atomic E-state index is -0.258. The van der Waals surface area contributed by atoms with E-state index in [2.05, 4.69) is 49.8 Å². The van der Waals surface area contributed by atoms with Crippen LogP contribution in [0.3, 0.4) is 0 Å². The third kappa shape index (κ3) is 4.16. The first kappa shape index (κ1) is 16.2. The van der Waals surface area contributed by atoms with Crippen LogP contribution in [0.5, 0.6) is 0 Å². The molecule has 1 N–H and O–H groups in total. The maximum atomic E-state index is 13.5. The van der Waals surface area contributed by atoms with Crippen molar-refractivity contribution >= 4 is 5.82 Å². The molecule has 0 aliphatic carbocycles. The molecule has 0 aromatic carbocycles. The Labute approximate surface area is 127 Å². The molecule has 1 aliphatic heterocycles. The molecule has 2 rings (SSSR count). The van der Waals surface area contributed by atoms with Crippen molar-refractivity contribution < 1.29 is 4.39 Å². The molecule has 1 unspecified atom stereocenters. The molecule has 0 spiro atoms. The van der Waals surface area contributed by atoms with E-state index in [-0.39, 0.29) is 5.82 Å². The summed E-state index contributed by atoms with van der Waals surface area (Å²) in [6.07, 6.45) is 2.51. The summed E-state index contributed by atoms with van der Waals surface area (Å²) in [6, 6.07) is 1.99. The first-order valence-electron chi connectivity index (χ1n) is 7.90. The van der Waals surface area contributed by atoms with Crippen molar-refractivity contribution in [2.75, 3.05) is 18.0 Å². The monoisotopic (exact) mass is 293 g/mol. The molecule has 118 valence electrons. The molecule has 1 aliphatic rings. The van der Waals surface area contributed by atoms with Gasteiger partial charge in [-0.2, -0.15) is 0 Å². The van der Waals surface area contributed by atoms with E-state index in [1.54, 1.807) is 6.07 Å². The van der Waals surface area contributed by atoms with E-state index in [0.717, 1.165) is 24.5 Å². The van der Waals surface area contributed by atoms with Crippen molar-refractivity contribution in [1.82, 2.24) is 10.3 Å². The highest BCUT2D eigenvalue weighted by Gasteiger charge is 2.33. The SMILES string of the molecule is CC(C)NCc1cc(F)cnc1N1CCC(C(C)(C)C)C1. The van der Waals surface area contributed by atoms with E-state index in [0.29, 0.717) is 23.9 Å². The van der Waals surface area contributed by atoms with Gasteiger partial charge in [0.1, 0.15) is 11.6 Å². The number of aromatic nitrogens is 1. The van der Waals surface area contributed by atoms with E-state index in [9.17, 15) is 4.39 Å². The zero-order valence-corrected chi connectivity index (χ0v) is 13.9. The quantitative estimate of drug-likeness (QED) is 0.919. The van der Waals surface area contributed by atoms with E-state index < -0.39 is 0 Å². The summed E-state index contributed by atoms with van der Waals surface area (Å²) in [5.41, 5.74) is 1.27. The van der Waals surface area contributed by atoms with Crippen LogP contribution in [0.4, 0.5) is 10.2 Å². The average Bonchev–Trinajstić information content (AvgIpc) is 2.85. The van der Waals surface area contributed by atoms with Crippen LogP contribution in [0.2, 0.25) is 0 Å². The molecule has 2 heterocycles. The lowest BCUT2D eigenvalue weighted by molar-refractivity contribution is 0.263. The Balaban J connectivity index is 2.16. The molecule has 0 bridgehead atoms. The van der Waals surface area contributed by atoms with Gasteiger partial charge in [0.05, 0.1) is 6.20 Å². The van der Waals surface area contributed by atoms with Gasteiger partial charge in [-0.25, -0.2) is 9.37 Å². The molecule has 4 heteroatoms. The summed E-state index contributed by atoms with van der Waals surface area (Å²) in [5, 5.41) is 3.36. The van der Waals surface area contributed by atoms with Gasteiger partial charge in [-0.05, 0) is 23.8 Å². The zero-order valence-electron chi connectivity index (χ0n) is 13.9. The van der Waals surface area contributed by atoms with E-state index >= 15 is 0 Å². The lowest BCUT2D eigenvalue weighted by Crippen LogP contribution is -2.28. The van der Waals surface area contributed by atoms with Gasteiger partial charge in [-0.3, -0.25) is 0 Å². The Morgan fingerprint density at radius 2 is 2.14 bits per heavy atom. The summed E-state index contributed by atoms with van der Waals surface area (Å²) in [5.74, 6) is 1.34. The van der Waals surface area contributed by atoms with Gasteiger partial charge in [-0.1, -0.05) is 34.6 Å². The van der Waals surface area contributed by atoms with Gasteiger partial charge in [0.25, 0.3) is 0 Å². The van der Waals surface area contributed by atoms with Gasteiger partial charge in [0.2, 0.25) is 0 Å². The van der Waals surface area contributed by atoms with Gasteiger partial charge in [-0.15, -0.1) is 0 Å². The maximum absolute atomic E-state index is 13.5. The molecule has 1 saturated heterocycles. The van der Waals surface area contributed by atoms with Gasteiger partial charge >= 0.3 is 0 Å². The van der Waals surface area contributed by atoms with E-state index in [4.69, 9.17) is 0 Å². The number of hydrogen-bond acceptors (Lipinski definition) is 3. The second-order valence-corrected chi connectivity index (χ2v) is 7.47. The Morgan fingerprint density at radius 3 is 2.71 bits per heavy atom. The van der Waals surface area contributed by atoms with Crippen LogP contribution in [-0.4, -0.2) is 24.1 Å². The highest BCUT2D eigenvalue weighted by atomic mass is 19.1. The summed E-state index contributed by atoms with van der Waals surface area (Å²) >= 11 is 0. The molecule has 1 aromatic rings. The number of hydrogen-bond donors (Lipinski definition) is 1. The molecule has 1 fully saturated rings. The van der Waals surface area contributed by atoms with Crippen LogP contribution < -0.4 is 10.2 Å². The molecule has 21 heavy (non-hydrogen) atoms. The molecular formula is C17H28FN3. The minimum Gasteiger partial charge on any atom is -0.356 e. The first-order valence-corrected chi connectivity index (χ1v) is 7.90. The van der Waals surface area contributed by atoms with Crippen molar-refractivity contribution in [2.24, 2.45) is 11.3 Å². The third-order valence-corrected chi connectivity index (χ3v) is 4.32. The summed E-state index contributed by atoms with van der Waals surface area (Å²) in [7, 11) is 0. The molecule has 1 atom stereocenters. The fourth-order valence-electron chi connectivity index (χ4n) is 2.86. The fourth-order valence-corrected chi connectivity index (χ4v) is 2.86. The Kier molecular flexibility index (Phi) is 4.87. The molecule has 3 nitrogen and oxygen atoms in total. The van der Waals surface area contributed by atoms with Gasteiger partial charge in [0, 0.05) is 31.2 Å². The molecule has 1 aromatic heterocycles. The first-order chi connectivity index (χ1) is 9.77. The largest absolute Gasteiger partial charge is 0.356 e. The summed E-state index contributed by atoms with van der Waals surface area (Å²) < 4.78 is 13.5. The van der Waals surface area contributed by atoms with Gasteiger partial charge in [0.15, 0.2) is 0 Å². The number of halogens is 1. The maximum Gasteiger partial charge on any atom is 0.141 e. The Bertz CT molecular complexity index is 479. The Morgan fingerprint density at radius 1 is 1.43 bits per heavy atom. The lowest BCUT2D eigenvalue weighted by atomic mass is 9.80. The third-order valence-electron chi connectivity index (χ3n) is 4.32. The Hall–Kier alpha value is -1.16. The fraction of sp³-hybridized carbons (Fsp3) is 0.706. The van der Waals surface area contributed by atoms with E-state index in [1.165, 1.54) is 12.6 Å². The van der Waals surface area contributed by atoms with Crippen LogP contribution >= 0.6 is 0 Å². The predicted octanol–water partition coefficient (Wildman–Crippen LogP) is 3.59. The second-order valence-electron chi connectivity index (χ2n) is 7.47. The van der Waals surface area contributed by atoms with Crippen molar-refractivity contribution in [1.29, 1.82) is 0 Å². The van der Waals surface area contributed by atoms with Crippen molar-refractivity contribution in [3.8, 4) is 0 Å². The van der Waals surface area contributed by atoms with Crippen molar-refractivity contribution in [2.45, 2.75) is 53.6 Å². The van der Waals surface area contributed by atoms with Crippen LogP contribution in [0, 0.1) is 17.2 Å². The highest BCUT2D eigenvalue weighted by molar-refractivity contribution is 5.48. The average molecular weight is 293 g/mol. The van der Waals surface area contributed by atoms with Crippen LogP contribution in [0.15, 0.2) is 12.3 Å². The second kappa shape index (κ2) is 6.30. The molecular weight excluding hydrogens is 265 g/mol. The number of nitrogens with one attached hydrogen (secondary N) is 1. The predicted molar refractivity (Wildman–Crippen MR) is 85.9 cm³/mol. The number of nitrogens with zero attached hydrogens (tertiary/aromatic N) is 2. The van der Waals surface area contributed by atoms with Gasteiger partial charge < -0.3 is 10.2 Å². The standard InChI is InChI=1S/C17H28FN3/c1-12(2)19-9-13-8-15(18)10-20-16(13)21-7-6-14(11-21)17(3,4)5/h8,10,12,14,19H,6-7,9,11H2,1-5H3. The highest BCUT2D eigenvalue weighted by Crippen LogP contribution is 2.36. The van der Waals surface area contributed by atoms with Crippen LogP contribution in [0.25, 0.3) is 0 Å². The van der Waals surface area contributed by atoms with Crippen LogP contribution in [-0.2, 0) is 6.54 Å². The molecule has 0 amide bonds. The zero-order chi connectivity index (χ0) is 15.6. The number of rotatable bonds is 4. The van der Waals surface area contributed by atoms with Crippen molar-refractivity contribution in [3.63, 3.8) is 0 Å². The topological polar surface area (TPSA) is 28.2 Å². The minimum absolute atomic E-state index is 0.258. The summed E-state index contributed by atoms with van der Waals surface area (Å²) in [4.78, 5) is 6.68. The summed E-state index contributed by atoms with van der Waals surface area (Å²) in [6.45, 7) is 13.7. The molecule has 0 radical (unpaired) electrons. The number of pyridine rings is 1. The lowest BCUT2D eigenvalue weighted by Gasteiger charge is -2.28.